The van der Waals surface area contributed by atoms with E-state index in [0.29, 0.717) is 16.4 Å². The van der Waals surface area contributed by atoms with Crippen LogP contribution in [0.25, 0.3) is 0 Å². The summed E-state index contributed by atoms with van der Waals surface area (Å²) in [6.07, 6.45) is 1.53. The van der Waals surface area contributed by atoms with Crippen molar-refractivity contribution in [2.45, 2.75) is 0 Å². The molecule has 12 heavy (non-hydrogen) atoms. The minimum Gasteiger partial charge on any atom is -0.398 e. The second-order valence-electron chi connectivity index (χ2n) is 2.00. The summed E-state index contributed by atoms with van der Waals surface area (Å²) < 4.78 is 0. The Morgan fingerprint density at radius 3 is 2.92 bits per heavy atom. The van der Waals surface area contributed by atoms with Crippen LogP contribution in [0.4, 0.5) is 5.69 Å². The van der Waals surface area contributed by atoms with Gasteiger partial charge in [0.1, 0.15) is 5.15 Å². The van der Waals surface area contributed by atoms with E-state index in [-0.39, 0.29) is 5.88 Å². The van der Waals surface area contributed by atoms with Crippen LogP contribution in [-0.2, 0) is 0 Å². The summed E-state index contributed by atoms with van der Waals surface area (Å²) in [5.74, 6) is 5.64. The maximum atomic E-state index is 5.73. The van der Waals surface area contributed by atoms with Gasteiger partial charge in [-0.15, -0.1) is 11.6 Å². The molecule has 2 N–H and O–H groups in total. The van der Waals surface area contributed by atoms with Crippen molar-refractivity contribution in [2.75, 3.05) is 11.6 Å². The van der Waals surface area contributed by atoms with Crippen molar-refractivity contribution in [3.8, 4) is 11.8 Å². The van der Waals surface area contributed by atoms with E-state index in [9.17, 15) is 0 Å². The molecule has 0 aliphatic carbocycles. The first kappa shape index (κ1) is 9.18. The minimum absolute atomic E-state index is 0.255. The summed E-state index contributed by atoms with van der Waals surface area (Å²) in [5.41, 5.74) is 6.65. The van der Waals surface area contributed by atoms with Crippen LogP contribution < -0.4 is 5.73 Å². The molecule has 62 valence electrons. The molecule has 0 bridgehead atoms. The van der Waals surface area contributed by atoms with E-state index in [1.165, 1.54) is 6.20 Å². The third-order valence-electron chi connectivity index (χ3n) is 1.22. The third kappa shape index (κ3) is 2.04. The lowest BCUT2D eigenvalue weighted by Crippen LogP contribution is -1.92. The molecule has 0 aliphatic heterocycles. The van der Waals surface area contributed by atoms with E-state index in [2.05, 4.69) is 16.8 Å². The summed E-state index contributed by atoms with van der Waals surface area (Å²) in [7, 11) is 0. The summed E-state index contributed by atoms with van der Waals surface area (Å²) in [6, 6.07) is 1.64. The Bertz CT molecular complexity index is 318. The van der Waals surface area contributed by atoms with E-state index in [1.54, 1.807) is 6.07 Å². The highest BCUT2D eigenvalue weighted by atomic mass is 35.5. The van der Waals surface area contributed by atoms with Gasteiger partial charge in [0.15, 0.2) is 0 Å². The number of nitrogens with zero attached hydrogens (tertiary/aromatic N) is 1. The molecular formula is C8H6Cl2N2. The van der Waals surface area contributed by atoms with E-state index in [0.717, 1.165) is 0 Å². The van der Waals surface area contributed by atoms with Gasteiger partial charge in [-0.2, -0.15) is 0 Å². The molecule has 0 saturated carbocycles. The largest absolute Gasteiger partial charge is 0.398 e. The van der Waals surface area contributed by atoms with Gasteiger partial charge in [-0.1, -0.05) is 23.4 Å². The van der Waals surface area contributed by atoms with Gasteiger partial charge in [0.25, 0.3) is 0 Å². The van der Waals surface area contributed by atoms with Gasteiger partial charge in [-0.3, -0.25) is 0 Å². The Balaban J connectivity index is 3.13. The van der Waals surface area contributed by atoms with Crippen LogP contribution in [0.3, 0.4) is 0 Å². The zero-order valence-electron chi connectivity index (χ0n) is 6.14. The lowest BCUT2D eigenvalue weighted by atomic mass is 10.2. The molecule has 0 radical (unpaired) electrons. The number of nitrogen functional groups attached to an aromatic ring is 1. The number of halogens is 2. The average molecular weight is 201 g/mol. The first-order valence-corrected chi connectivity index (χ1v) is 4.11. The van der Waals surface area contributed by atoms with Crippen molar-refractivity contribution in [1.82, 2.24) is 4.98 Å². The number of rotatable bonds is 0. The number of alkyl halides is 1. The average Bonchev–Trinajstić information content (AvgIpc) is 2.04. The molecule has 0 atom stereocenters. The molecular weight excluding hydrogens is 195 g/mol. The Hall–Kier alpha value is -0.910. The van der Waals surface area contributed by atoms with Crippen LogP contribution in [0.1, 0.15) is 5.56 Å². The summed E-state index contributed by atoms with van der Waals surface area (Å²) in [4.78, 5) is 3.83. The fourth-order valence-electron chi connectivity index (χ4n) is 0.696. The number of anilines is 1. The van der Waals surface area contributed by atoms with Crippen molar-refractivity contribution in [3.63, 3.8) is 0 Å². The van der Waals surface area contributed by atoms with Crippen LogP contribution in [0.2, 0.25) is 5.15 Å². The van der Waals surface area contributed by atoms with Gasteiger partial charge in [-0.25, -0.2) is 4.98 Å². The van der Waals surface area contributed by atoms with E-state index < -0.39 is 0 Å². The zero-order chi connectivity index (χ0) is 8.97. The number of hydrogen-bond donors (Lipinski definition) is 1. The molecule has 0 aromatic carbocycles. The number of aromatic nitrogens is 1. The van der Waals surface area contributed by atoms with Gasteiger partial charge >= 0.3 is 0 Å². The monoisotopic (exact) mass is 200 g/mol. The summed E-state index contributed by atoms with van der Waals surface area (Å²) in [5, 5.41) is 0.313. The molecule has 1 rings (SSSR count). The SMILES string of the molecule is Nc1ccnc(Cl)c1C#CCCl. The summed E-state index contributed by atoms with van der Waals surface area (Å²) >= 11 is 11.1. The maximum absolute atomic E-state index is 5.73. The van der Waals surface area contributed by atoms with Gasteiger partial charge in [-0.05, 0) is 6.07 Å². The smallest absolute Gasteiger partial charge is 0.146 e. The fraction of sp³-hybridized carbons (Fsp3) is 0.125. The van der Waals surface area contributed by atoms with Crippen molar-refractivity contribution < 1.29 is 0 Å². The first-order valence-electron chi connectivity index (χ1n) is 3.20. The van der Waals surface area contributed by atoms with Crippen molar-refractivity contribution in [1.29, 1.82) is 0 Å². The first-order chi connectivity index (χ1) is 5.75. The van der Waals surface area contributed by atoms with Crippen molar-refractivity contribution in [3.05, 3.63) is 23.0 Å². The van der Waals surface area contributed by atoms with E-state index in [1.807, 2.05) is 0 Å². The number of pyridine rings is 1. The van der Waals surface area contributed by atoms with Crippen LogP contribution in [0.5, 0.6) is 0 Å². The van der Waals surface area contributed by atoms with Gasteiger partial charge in [0.2, 0.25) is 0 Å². The van der Waals surface area contributed by atoms with Crippen LogP contribution >= 0.6 is 23.2 Å². The van der Waals surface area contributed by atoms with Crippen LogP contribution in [-0.4, -0.2) is 10.9 Å². The Morgan fingerprint density at radius 2 is 2.33 bits per heavy atom. The molecule has 1 aromatic heterocycles. The second kappa shape index (κ2) is 4.20. The van der Waals surface area contributed by atoms with E-state index >= 15 is 0 Å². The Labute approximate surface area is 80.7 Å². The molecule has 1 heterocycles. The Morgan fingerprint density at radius 1 is 1.58 bits per heavy atom. The van der Waals surface area contributed by atoms with Crippen molar-refractivity contribution >= 4 is 28.9 Å². The molecule has 0 aliphatic rings. The predicted octanol–water partition coefficient (Wildman–Crippen LogP) is 1.91. The van der Waals surface area contributed by atoms with Gasteiger partial charge < -0.3 is 5.73 Å². The summed E-state index contributed by atoms with van der Waals surface area (Å²) in [6.45, 7) is 0. The van der Waals surface area contributed by atoms with Gasteiger partial charge in [0.05, 0.1) is 17.1 Å². The molecule has 1 aromatic rings. The normalized spacial score (nSPS) is 8.83. The second-order valence-corrected chi connectivity index (χ2v) is 2.63. The topological polar surface area (TPSA) is 38.9 Å². The lowest BCUT2D eigenvalue weighted by Gasteiger charge is -1.97. The standard InChI is InChI=1S/C8H6Cl2N2/c9-4-1-2-6-7(11)3-5-12-8(6)10/h3,5H,4H2,(H2,11,12). The molecule has 0 saturated heterocycles. The highest BCUT2D eigenvalue weighted by Crippen LogP contribution is 2.17. The highest BCUT2D eigenvalue weighted by molar-refractivity contribution is 6.31. The van der Waals surface area contributed by atoms with Crippen LogP contribution in [0.15, 0.2) is 12.3 Å². The maximum Gasteiger partial charge on any atom is 0.146 e. The number of hydrogen-bond acceptors (Lipinski definition) is 2. The molecule has 0 amide bonds. The predicted molar refractivity (Wildman–Crippen MR) is 51.3 cm³/mol. The van der Waals surface area contributed by atoms with Gasteiger partial charge in [0, 0.05) is 6.20 Å². The molecule has 0 spiro atoms. The lowest BCUT2D eigenvalue weighted by molar-refractivity contribution is 1.32. The van der Waals surface area contributed by atoms with E-state index in [4.69, 9.17) is 28.9 Å². The molecule has 0 fully saturated rings. The minimum atomic E-state index is 0.255. The van der Waals surface area contributed by atoms with Crippen molar-refractivity contribution in [2.24, 2.45) is 0 Å². The number of nitrogens with two attached hydrogens (primary N) is 1. The zero-order valence-corrected chi connectivity index (χ0v) is 7.65. The fourth-order valence-corrected chi connectivity index (χ4v) is 0.975. The molecule has 4 heteroatoms. The van der Waals surface area contributed by atoms with Crippen LogP contribution in [0, 0.1) is 11.8 Å². The Kier molecular flexibility index (Phi) is 3.21. The molecule has 0 unspecified atom stereocenters. The highest BCUT2D eigenvalue weighted by Gasteiger charge is 2.00. The molecule has 2 nitrogen and oxygen atoms in total. The third-order valence-corrected chi connectivity index (χ3v) is 1.64. The quantitative estimate of drug-likeness (QED) is 0.395.